The number of furan rings is 1. The first kappa shape index (κ1) is 18.3. The number of hydrogen-bond donors (Lipinski definition) is 1. The number of rotatable bonds is 8. The quantitative estimate of drug-likeness (QED) is 0.488. The fourth-order valence-electron chi connectivity index (χ4n) is 2.23. The van der Waals surface area contributed by atoms with E-state index < -0.39 is 6.10 Å². The minimum atomic E-state index is -0.699. The van der Waals surface area contributed by atoms with E-state index in [1.165, 1.54) is 12.5 Å². The van der Waals surface area contributed by atoms with Gasteiger partial charge in [0.05, 0.1) is 12.5 Å². The molecule has 27 heavy (non-hydrogen) atoms. The summed E-state index contributed by atoms with van der Waals surface area (Å²) >= 11 is 0. The Kier molecular flexibility index (Phi) is 6.25. The van der Waals surface area contributed by atoms with Gasteiger partial charge in [0.15, 0.2) is 6.10 Å². The number of amides is 1. The average molecular weight is 364 g/mol. The molecule has 0 radical (unpaired) electrons. The lowest BCUT2D eigenvalue weighted by Gasteiger charge is -2.13. The highest BCUT2D eigenvalue weighted by Crippen LogP contribution is 2.19. The molecule has 0 aliphatic heterocycles. The average Bonchev–Trinajstić information content (AvgIpc) is 3.21. The van der Waals surface area contributed by atoms with Crippen LogP contribution in [0.25, 0.3) is 0 Å². The van der Waals surface area contributed by atoms with E-state index in [0.29, 0.717) is 18.1 Å². The standard InChI is InChI=1S/C21H20N2O4/c1-16(21(24)23-22-14-20-8-5-13-25-20)27-19-11-9-18(10-12-19)26-15-17-6-3-2-4-7-17/h2-14,16H,15H2,1H3,(H,23,24). The zero-order valence-electron chi connectivity index (χ0n) is 14.9. The highest BCUT2D eigenvalue weighted by molar-refractivity contribution is 5.83. The van der Waals surface area contributed by atoms with Gasteiger partial charge >= 0.3 is 0 Å². The number of hydrogen-bond acceptors (Lipinski definition) is 5. The van der Waals surface area contributed by atoms with Gasteiger partial charge in [0, 0.05) is 0 Å². The summed E-state index contributed by atoms with van der Waals surface area (Å²) in [6, 6.07) is 20.5. The molecule has 6 heteroatoms. The molecule has 0 saturated carbocycles. The first-order valence-electron chi connectivity index (χ1n) is 8.50. The van der Waals surface area contributed by atoms with Crippen molar-refractivity contribution in [3.8, 4) is 11.5 Å². The molecule has 1 amide bonds. The van der Waals surface area contributed by atoms with Gasteiger partial charge < -0.3 is 13.9 Å². The van der Waals surface area contributed by atoms with E-state index >= 15 is 0 Å². The molecular formula is C21H20N2O4. The second kappa shape index (κ2) is 9.24. The first-order chi connectivity index (χ1) is 13.2. The number of hydrazone groups is 1. The molecule has 1 unspecified atom stereocenters. The number of carbonyl (C=O) groups excluding carboxylic acids is 1. The Morgan fingerprint density at radius 2 is 1.81 bits per heavy atom. The van der Waals surface area contributed by atoms with Crippen molar-refractivity contribution in [2.24, 2.45) is 5.10 Å². The number of nitrogens with one attached hydrogen (secondary N) is 1. The molecule has 1 aromatic heterocycles. The number of benzene rings is 2. The summed E-state index contributed by atoms with van der Waals surface area (Å²) in [4.78, 5) is 12.0. The topological polar surface area (TPSA) is 73.1 Å². The van der Waals surface area contributed by atoms with Gasteiger partial charge in [-0.2, -0.15) is 5.10 Å². The van der Waals surface area contributed by atoms with Crippen LogP contribution in [0.5, 0.6) is 11.5 Å². The molecule has 0 fully saturated rings. The van der Waals surface area contributed by atoms with Crippen LogP contribution in [0.15, 0.2) is 82.5 Å². The van der Waals surface area contributed by atoms with Gasteiger partial charge in [-0.05, 0) is 48.9 Å². The highest BCUT2D eigenvalue weighted by atomic mass is 16.5. The van der Waals surface area contributed by atoms with Crippen LogP contribution in [0, 0.1) is 0 Å². The molecular weight excluding hydrogens is 344 g/mol. The molecule has 3 aromatic rings. The van der Waals surface area contributed by atoms with Crippen LogP contribution in [0.4, 0.5) is 0 Å². The number of ether oxygens (including phenoxy) is 2. The molecule has 0 aliphatic carbocycles. The Morgan fingerprint density at radius 1 is 1.07 bits per heavy atom. The monoisotopic (exact) mass is 364 g/mol. The number of nitrogens with zero attached hydrogens (tertiary/aromatic N) is 1. The first-order valence-corrected chi connectivity index (χ1v) is 8.50. The fraction of sp³-hybridized carbons (Fsp3) is 0.143. The van der Waals surface area contributed by atoms with E-state index in [1.54, 1.807) is 43.3 Å². The van der Waals surface area contributed by atoms with Gasteiger partial charge in [-0.3, -0.25) is 4.79 Å². The summed E-state index contributed by atoms with van der Waals surface area (Å²) in [6.07, 6.45) is 2.25. The van der Waals surface area contributed by atoms with Crippen LogP contribution < -0.4 is 14.9 Å². The third kappa shape index (κ3) is 5.74. The van der Waals surface area contributed by atoms with Crippen molar-refractivity contribution in [2.75, 3.05) is 0 Å². The third-order valence-electron chi connectivity index (χ3n) is 3.66. The molecule has 138 valence electrons. The normalized spacial score (nSPS) is 11.9. The largest absolute Gasteiger partial charge is 0.489 e. The summed E-state index contributed by atoms with van der Waals surface area (Å²) in [7, 11) is 0. The molecule has 1 atom stereocenters. The Bertz CT molecular complexity index is 859. The minimum absolute atomic E-state index is 0.359. The van der Waals surface area contributed by atoms with Gasteiger partial charge in [0.2, 0.25) is 0 Å². The Morgan fingerprint density at radius 3 is 2.52 bits per heavy atom. The smallest absolute Gasteiger partial charge is 0.280 e. The lowest BCUT2D eigenvalue weighted by Crippen LogP contribution is -2.33. The van der Waals surface area contributed by atoms with Crippen molar-refractivity contribution in [1.29, 1.82) is 0 Å². The van der Waals surface area contributed by atoms with Crippen molar-refractivity contribution in [2.45, 2.75) is 19.6 Å². The van der Waals surface area contributed by atoms with Crippen LogP contribution in [0.1, 0.15) is 18.2 Å². The highest BCUT2D eigenvalue weighted by Gasteiger charge is 2.14. The lowest BCUT2D eigenvalue weighted by molar-refractivity contribution is -0.127. The predicted octanol–water partition coefficient (Wildman–Crippen LogP) is 3.78. The van der Waals surface area contributed by atoms with E-state index in [1.807, 2.05) is 30.3 Å². The second-order valence-electron chi connectivity index (χ2n) is 5.76. The summed E-state index contributed by atoms with van der Waals surface area (Å²) in [5.41, 5.74) is 3.51. The lowest BCUT2D eigenvalue weighted by atomic mass is 10.2. The number of carbonyl (C=O) groups is 1. The second-order valence-corrected chi connectivity index (χ2v) is 5.76. The van der Waals surface area contributed by atoms with Gasteiger partial charge in [-0.25, -0.2) is 5.43 Å². The van der Waals surface area contributed by atoms with Gasteiger partial charge in [0.1, 0.15) is 23.9 Å². The van der Waals surface area contributed by atoms with Gasteiger partial charge in [0.25, 0.3) is 5.91 Å². The fourth-order valence-corrected chi connectivity index (χ4v) is 2.23. The van der Waals surface area contributed by atoms with Crippen LogP contribution in [0.3, 0.4) is 0 Å². The maximum Gasteiger partial charge on any atom is 0.280 e. The van der Waals surface area contributed by atoms with Crippen LogP contribution in [0.2, 0.25) is 0 Å². The molecule has 0 bridgehead atoms. The third-order valence-corrected chi connectivity index (χ3v) is 3.66. The molecule has 6 nitrogen and oxygen atoms in total. The van der Waals surface area contributed by atoms with Crippen LogP contribution >= 0.6 is 0 Å². The van der Waals surface area contributed by atoms with E-state index in [-0.39, 0.29) is 5.91 Å². The maximum atomic E-state index is 12.0. The molecule has 3 rings (SSSR count). The summed E-state index contributed by atoms with van der Waals surface area (Å²) in [6.45, 7) is 2.14. The minimum Gasteiger partial charge on any atom is -0.489 e. The molecule has 2 aromatic carbocycles. The van der Waals surface area contributed by atoms with Crippen molar-refractivity contribution in [1.82, 2.24) is 5.43 Å². The SMILES string of the molecule is CC(Oc1ccc(OCc2ccccc2)cc1)C(=O)NN=Cc1ccco1. The van der Waals surface area contributed by atoms with Crippen molar-refractivity contribution in [3.05, 3.63) is 84.3 Å². The Hall–Kier alpha value is -3.54. The van der Waals surface area contributed by atoms with Crippen LogP contribution in [-0.4, -0.2) is 18.2 Å². The summed E-state index contributed by atoms with van der Waals surface area (Å²) < 4.78 is 16.4. The molecule has 1 heterocycles. The van der Waals surface area contributed by atoms with Crippen molar-refractivity contribution in [3.63, 3.8) is 0 Å². The predicted molar refractivity (Wildman–Crippen MR) is 102 cm³/mol. The van der Waals surface area contributed by atoms with Crippen molar-refractivity contribution >= 4 is 12.1 Å². The van der Waals surface area contributed by atoms with E-state index in [4.69, 9.17) is 13.9 Å². The molecule has 0 saturated heterocycles. The van der Waals surface area contributed by atoms with Gasteiger partial charge in [-0.1, -0.05) is 30.3 Å². The zero-order valence-corrected chi connectivity index (χ0v) is 14.9. The molecule has 1 N–H and O–H groups in total. The zero-order chi connectivity index (χ0) is 18.9. The van der Waals surface area contributed by atoms with E-state index in [0.717, 1.165) is 11.3 Å². The Labute approximate surface area is 157 Å². The van der Waals surface area contributed by atoms with E-state index in [9.17, 15) is 4.79 Å². The van der Waals surface area contributed by atoms with E-state index in [2.05, 4.69) is 10.5 Å². The molecule has 0 aliphatic rings. The van der Waals surface area contributed by atoms with Gasteiger partial charge in [-0.15, -0.1) is 0 Å². The summed E-state index contributed by atoms with van der Waals surface area (Å²) in [5.74, 6) is 1.49. The van der Waals surface area contributed by atoms with Crippen molar-refractivity contribution < 1.29 is 18.7 Å². The maximum absolute atomic E-state index is 12.0. The summed E-state index contributed by atoms with van der Waals surface area (Å²) in [5, 5.41) is 3.83. The molecule has 0 spiro atoms. The van der Waals surface area contributed by atoms with Crippen LogP contribution in [-0.2, 0) is 11.4 Å². The Balaban J connectivity index is 1.46.